The van der Waals surface area contributed by atoms with Gasteiger partial charge in [-0.05, 0) is 35.4 Å². The minimum absolute atomic E-state index is 0.176. The van der Waals surface area contributed by atoms with E-state index in [1.807, 2.05) is 49.4 Å². The number of fused-ring (bicyclic) bond motifs is 1. The second-order valence-electron chi connectivity index (χ2n) is 7.73. The van der Waals surface area contributed by atoms with Gasteiger partial charge in [0.25, 0.3) is 0 Å². The molecule has 0 aromatic heterocycles. The zero-order chi connectivity index (χ0) is 22.0. The number of carboxylic acids is 1. The number of nitrogens with zero attached hydrogens (tertiary/aromatic N) is 1. The van der Waals surface area contributed by atoms with Crippen LogP contribution in [0.1, 0.15) is 30.0 Å². The molecule has 8 heteroatoms. The average molecular weight is 446 g/mol. The van der Waals surface area contributed by atoms with E-state index < -0.39 is 22.7 Å². The predicted octanol–water partition coefficient (Wildman–Crippen LogP) is 3.03. The van der Waals surface area contributed by atoms with E-state index in [0.717, 1.165) is 16.9 Å². The van der Waals surface area contributed by atoms with Crippen LogP contribution in [0.15, 0.2) is 42.5 Å². The number of carboxylic acid groups (broad SMARTS) is 1. The molecule has 0 saturated carbocycles. The molecule has 0 amide bonds. The van der Waals surface area contributed by atoms with Crippen molar-refractivity contribution in [1.29, 1.82) is 0 Å². The summed E-state index contributed by atoms with van der Waals surface area (Å²) in [5.74, 6) is 1.43. The second kappa shape index (κ2) is 9.28. The summed E-state index contributed by atoms with van der Waals surface area (Å²) in [5, 5.41) is 10.2. The molecule has 1 fully saturated rings. The van der Waals surface area contributed by atoms with Gasteiger partial charge in [-0.3, -0.25) is 13.9 Å². The minimum atomic E-state index is -0.923. The number of benzene rings is 2. The molecule has 1 N–H and O–H groups in total. The van der Waals surface area contributed by atoms with Gasteiger partial charge in [-0.2, -0.15) is 0 Å². The summed E-state index contributed by atoms with van der Waals surface area (Å²) in [4.78, 5) is 14.7. The fourth-order valence-corrected chi connectivity index (χ4v) is 5.23. The maximum Gasteiger partial charge on any atom is 0.309 e. The van der Waals surface area contributed by atoms with Gasteiger partial charge >= 0.3 is 5.97 Å². The van der Waals surface area contributed by atoms with Crippen LogP contribution < -0.4 is 14.2 Å². The number of aliphatic carboxylic acids is 1. The topological polar surface area (TPSA) is 85.3 Å². The number of methoxy groups -OCH3 is 1. The molecule has 0 bridgehead atoms. The monoisotopic (exact) mass is 445 g/mol. The lowest BCUT2D eigenvalue weighted by Gasteiger charge is -2.27. The highest BCUT2D eigenvalue weighted by molar-refractivity contribution is 7.84. The molecule has 4 atom stereocenters. The molecule has 31 heavy (non-hydrogen) atoms. The van der Waals surface area contributed by atoms with E-state index >= 15 is 0 Å². The maximum absolute atomic E-state index is 12.5. The van der Waals surface area contributed by atoms with Crippen molar-refractivity contribution in [2.45, 2.75) is 18.9 Å². The van der Waals surface area contributed by atoms with E-state index in [0.29, 0.717) is 36.1 Å². The van der Waals surface area contributed by atoms with Gasteiger partial charge in [-0.15, -0.1) is 0 Å². The van der Waals surface area contributed by atoms with E-state index in [4.69, 9.17) is 14.2 Å². The van der Waals surface area contributed by atoms with Gasteiger partial charge in [0.15, 0.2) is 11.5 Å². The molecule has 7 nitrogen and oxygen atoms in total. The Hall–Kier alpha value is -2.58. The smallest absolute Gasteiger partial charge is 0.309 e. The quantitative estimate of drug-likeness (QED) is 0.668. The number of carbonyl (C=O) groups is 1. The summed E-state index contributed by atoms with van der Waals surface area (Å²) in [5.41, 5.74) is 1.83. The predicted molar refractivity (Wildman–Crippen MR) is 117 cm³/mol. The summed E-state index contributed by atoms with van der Waals surface area (Å²) < 4.78 is 28.3. The van der Waals surface area contributed by atoms with E-state index in [1.54, 1.807) is 7.11 Å². The number of rotatable bonds is 8. The zero-order valence-corrected chi connectivity index (χ0v) is 18.5. The van der Waals surface area contributed by atoms with E-state index in [-0.39, 0.29) is 18.8 Å². The van der Waals surface area contributed by atoms with Crippen molar-refractivity contribution in [2.75, 3.05) is 38.5 Å². The Morgan fingerprint density at radius 3 is 2.55 bits per heavy atom. The molecule has 2 aromatic rings. The Kier molecular flexibility index (Phi) is 6.48. The van der Waals surface area contributed by atoms with Gasteiger partial charge in [0.05, 0.1) is 13.0 Å². The van der Waals surface area contributed by atoms with Crippen LogP contribution in [0.25, 0.3) is 0 Å². The van der Waals surface area contributed by atoms with Crippen LogP contribution in [0.4, 0.5) is 0 Å². The molecule has 1 saturated heterocycles. The van der Waals surface area contributed by atoms with Gasteiger partial charge in [-0.1, -0.05) is 25.1 Å². The minimum Gasteiger partial charge on any atom is -0.497 e. The molecule has 0 radical (unpaired) electrons. The molecule has 2 aliphatic heterocycles. The molecular weight excluding hydrogens is 418 g/mol. The first-order chi connectivity index (χ1) is 15.0. The van der Waals surface area contributed by atoms with E-state index in [9.17, 15) is 14.1 Å². The Morgan fingerprint density at radius 1 is 1.16 bits per heavy atom. The SMILES string of the molecule is CCS(=O)CCN1C[C@@H](c2ccc3c(c2)OCO3)[C@H](C(=O)O)[C@H]1c1ccc(OC)cc1. The fourth-order valence-electron chi connectivity index (χ4n) is 4.50. The van der Waals surface area contributed by atoms with Gasteiger partial charge in [0.1, 0.15) is 5.75 Å². The molecule has 4 rings (SSSR count). The van der Waals surface area contributed by atoms with E-state index in [2.05, 4.69) is 4.90 Å². The highest BCUT2D eigenvalue weighted by Crippen LogP contribution is 2.47. The first-order valence-electron chi connectivity index (χ1n) is 10.4. The highest BCUT2D eigenvalue weighted by Gasteiger charge is 2.47. The van der Waals surface area contributed by atoms with Gasteiger partial charge in [0, 0.05) is 47.4 Å². The molecule has 2 aromatic carbocycles. The lowest BCUT2D eigenvalue weighted by atomic mass is 9.83. The van der Waals surface area contributed by atoms with Crippen LogP contribution in [0, 0.1) is 5.92 Å². The van der Waals surface area contributed by atoms with Gasteiger partial charge in [0.2, 0.25) is 6.79 Å². The van der Waals surface area contributed by atoms with Gasteiger partial charge in [-0.25, -0.2) is 0 Å². The summed E-state index contributed by atoms with van der Waals surface area (Å²) >= 11 is 0. The fraction of sp³-hybridized carbons (Fsp3) is 0.435. The molecule has 166 valence electrons. The standard InChI is InChI=1S/C23H27NO6S/c1-3-31(27)11-10-24-13-18(16-6-9-19-20(12-16)30-14-29-19)21(23(25)26)22(24)15-4-7-17(28-2)8-5-15/h4-9,12,18,21-22H,3,10-11,13-14H2,1-2H3,(H,25,26)/t18-,21-,22+,31?/m0/s1. The lowest BCUT2D eigenvalue weighted by Crippen LogP contribution is -2.31. The Balaban J connectivity index is 1.70. The Labute approximate surface area is 184 Å². The van der Waals surface area contributed by atoms with Crippen molar-refractivity contribution < 1.29 is 28.3 Å². The number of ether oxygens (including phenoxy) is 3. The van der Waals surface area contributed by atoms with Crippen LogP contribution in [0.3, 0.4) is 0 Å². The van der Waals surface area contributed by atoms with Crippen molar-refractivity contribution in [3.05, 3.63) is 53.6 Å². The molecule has 0 aliphatic carbocycles. The Bertz CT molecular complexity index is 963. The van der Waals surface area contributed by atoms with Crippen molar-refractivity contribution >= 4 is 16.8 Å². The zero-order valence-electron chi connectivity index (χ0n) is 17.7. The second-order valence-corrected chi connectivity index (χ2v) is 9.59. The molecule has 1 unspecified atom stereocenters. The third-order valence-electron chi connectivity index (χ3n) is 6.09. The maximum atomic E-state index is 12.5. The van der Waals surface area contributed by atoms with Crippen molar-refractivity contribution in [1.82, 2.24) is 4.90 Å². The summed E-state index contributed by atoms with van der Waals surface area (Å²) in [6.07, 6.45) is 0. The van der Waals surface area contributed by atoms with Crippen LogP contribution in [-0.4, -0.2) is 58.7 Å². The summed E-state index contributed by atoms with van der Waals surface area (Å²) in [6, 6.07) is 12.9. The number of hydrogen-bond donors (Lipinski definition) is 1. The number of likely N-dealkylation sites (tertiary alicyclic amines) is 1. The molecule has 2 aliphatic rings. The van der Waals surface area contributed by atoms with Crippen LogP contribution in [0.5, 0.6) is 17.2 Å². The largest absolute Gasteiger partial charge is 0.497 e. The summed E-state index contributed by atoms with van der Waals surface area (Å²) in [6.45, 7) is 3.21. The first kappa shape index (κ1) is 21.6. The lowest BCUT2D eigenvalue weighted by molar-refractivity contribution is -0.143. The normalized spacial score (nSPS) is 23.6. The van der Waals surface area contributed by atoms with Crippen LogP contribution >= 0.6 is 0 Å². The van der Waals surface area contributed by atoms with Gasteiger partial charge < -0.3 is 19.3 Å². The molecule has 2 heterocycles. The molecule has 0 spiro atoms. The Morgan fingerprint density at radius 2 is 1.87 bits per heavy atom. The average Bonchev–Trinajstić information content (AvgIpc) is 3.41. The van der Waals surface area contributed by atoms with Crippen molar-refractivity contribution in [3.63, 3.8) is 0 Å². The third kappa shape index (κ3) is 4.41. The van der Waals surface area contributed by atoms with E-state index in [1.165, 1.54) is 0 Å². The number of hydrogen-bond acceptors (Lipinski definition) is 6. The highest BCUT2D eigenvalue weighted by atomic mass is 32.2. The first-order valence-corrected chi connectivity index (χ1v) is 11.9. The third-order valence-corrected chi connectivity index (χ3v) is 7.38. The van der Waals surface area contributed by atoms with Crippen LogP contribution in [-0.2, 0) is 15.6 Å². The van der Waals surface area contributed by atoms with Crippen molar-refractivity contribution in [2.24, 2.45) is 5.92 Å². The summed E-state index contributed by atoms with van der Waals surface area (Å²) in [7, 11) is 0.681. The van der Waals surface area contributed by atoms with Crippen LogP contribution in [0.2, 0.25) is 0 Å². The molecular formula is C23H27NO6S. The van der Waals surface area contributed by atoms with Crippen molar-refractivity contribution in [3.8, 4) is 17.2 Å².